The van der Waals surface area contributed by atoms with Gasteiger partial charge in [-0.15, -0.1) is 0 Å². The molecular weight excluding hydrogens is 232 g/mol. The van der Waals surface area contributed by atoms with E-state index in [-0.39, 0.29) is 11.7 Å². The maximum atomic E-state index is 12.1. The molecule has 2 N–H and O–H groups in total. The van der Waals surface area contributed by atoms with Gasteiger partial charge in [-0.3, -0.25) is 4.90 Å². The smallest absolute Gasteiger partial charge is 0.414 e. The van der Waals surface area contributed by atoms with Crippen molar-refractivity contribution >= 4 is 17.5 Å². The standard InChI is InChI=1S/C13H16N2O3/c14-10-1-3-11(4-2-10)15-7-5-13(18-12(15)16)6-8-17-9-13/h1-4H,5-9,14H2. The molecule has 1 aromatic rings. The van der Waals surface area contributed by atoms with E-state index in [0.717, 1.165) is 18.5 Å². The second-order valence-electron chi connectivity index (χ2n) is 4.85. The van der Waals surface area contributed by atoms with Gasteiger partial charge >= 0.3 is 6.09 Å². The molecule has 1 spiro atoms. The lowest BCUT2D eigenvalue weighted by molar-refractivity contribution is -0.0111. The Bertz CT molecular complexity index is 452. The zero-order chi connectivity index (χ0) is 12.6. The number of hydrogen-bond acceptors (Lipinski definition) is 4. The van der Waals surface area contributed by atoms with Crippen LogP contribution < -0.4 is 10.6 Å². The Labute approximate surface area is 105 Å². The van der Waals surface area contributed by atoms with E-state index in [1.165, 1.54) is 0 Å². The van der Waals surface area contributed by atoms with Crippen LogP contribution in [0.4, 0.5) is 16.2 Å². The Hall–Kier alpha value is -1.75. The highest BCUT2D eigenvalue weighted by atomic mass is 16.6. The van der Waals surface area contributed by atoms with Crippen LogP contribution in [0.2, 0.25) is 0 Å². The molecule has 2 aliphatic heterocycles. The van der Waals surface area contributed by atoms with Gasteiger partial charge in [0.05, 0.1) is 13.2 Å². The van der Waals surface area contributed by atoms with Gasteiger partial charge in [0.25, 0.3) is 0 Å². The molecule has 0 radical (unpaired) electrons. The SMILES string of the molecule is Nc1ccc(N2CCC3(CCOC3)OC2=O)cc1. The van der Waals surface area contributed by atoms with E-state index in [1.807, 2.05) is 12.1 Å². The van der Waals surface area contributed by atoms with Crippen LogP contribution >= 0.6 is 0 Å². The molecule has 1 amide bonds. The molecule has 1 unspecified atom stereocenters. The number of hydrogen-bond donors (Lipinski definition) is 1. The number of nitrogens with two attached hydrogens (primary N) is 1. The Balaban J connectivity index is 1.76. The van der Waals surface area contributed by atoms with Gasteiger partial charge in [-0.05, 0) is 24.3 Å². The van der Waals surface area contributed by atoms with Crippen LogP contribution in [0, 0.1) is 0 Å². The number of benzene rings is 1. The van der Waals surface area contributed by atoms with Crippen molar-refractivity contribution < 1.29 is 14.3 Å². The summed E-state index contributed by atoms with van der Waals surface area (Å²) < 4.78 is 10.9. The minimum atomic E-state index is -0.388. The molecule has 18 heavy (non-hydrogen) atoms. The first-order chi connectivity index (χ1) is 8.69. The van der Waals surface area contributed by atoms with E-state index in [9.17, 15) is 4.79 Å². The molecule has 5 nitrogen and oxygen atoms in total. The summed E-state index contributed by atoms with van der Waals surface area (Å²) in [5, 5.41) is 0. The van der Waals surface area contributed by atoms with Crippen molar-refractivity contribution in [3.05, 3.63) is 24.3 Å². The molecule has 3 rings (SSSR count). The summed E-state index contributed by atoms with van der Waals surface area (Å²) in [6.07, 6.45) is 1.31. The van der Waals surface area contributed by atoms with Crippen molar-refractivity contribution in [3.63, 3.8) is 0 Å². The molecule has 2 fully saturated rings. The van der Waals surface area contributed by atoms with Crippen LogP contribution in [0.15, 0.2) is 24.3 Å². The van der Waals surface area contributed by atoms with Gasteiger partial charge in [-0.2, -0.15) is 0 Å². The Morgan fingerprint density at radius 3 is 2.61 bits per heavy atom. The van der Waals surface area contributed by atoms with Crippen LogP contribution in [-0.2, 0) is 9.47 Å². The van der Waals surface area contributed by atoms with E-state index in [0.29, 0.717) is 25.4 Å². The highest BCUT2D eigenvalue weighted by Crippen LogP contribution is 2.33. The highest BCUT2D eigenvalue weighted by molar-refractivity contribution is 5.88. The maximum absolute atomic E-state index is 12.1. The number of carbonyl (C=O) groups is 1. The third-order valence-corrected chi connectivity index (χ3v) is 3.59. The second kappa shape index (κ2) is 4.17. The van der Waals surface area contributed by atoms with Crippen molar-refractivity contribution in [1.29, 1.82) is 0 Å². The summed E-state index contributed by atoms with van der Waals surface area (Å²) in [6, 6.07) is 7.23. The summed E-state index contributed by atoms with van der Waals surface area (Å²) >= 11 is 0. The van der Waals surface area contributed by atoms with E-state index < -0.39 is 0 Å². The van der Waals surface area contributed by atoms with Gasteiger partial charge in [0.1, 0.15) is 5.60 Å². The largest absolute Gasteiger partial charge is 0.440 e. The number of amides is 1. The Kier molecular flexibility index (Phi) is 2.63. The zero-order valence-electron chi connectivity index (χ0n) is 10.1. The topological polar surface area (TPSA) is 64.8 Å². The summed E-state index contributed by atoms with van der Waals surface area (Å²) in [7, 11) is 0. The number of anilines is 2. The number of nitrogen functional groups attached to an aromatic ring is 1. The minimum Gasteiger partial charge on any atom is -0.440 e. The average molecular weight is 248 g/mol. The fourth-order valence-electron chi connectivity index (χ4n) is 2.45. The first-order valence-electron chi connectivity index (χ1n) is 6.12. The van der Waals surface area contributed by atoms with Crippen LogP contribution in [0.1, 0.15) is 12.8 Å². The lowest BCUT2D eigenvalue weighted by Gasteiger charge is -2.37. The van der Waals surface area contributed by atoms with Crippen LogP contribution in [0.5, 0.6) is 0 Å². The first kappa shape index (κ1) is 11.3. The van der Waals surface area contributed by atoms with Crippen LogP contribution in [-0.4, -0.2) is 31.5 Å². The van der Waals surface area contributed by atoms with E-state index in [4.69, 9.17) is 15.2 Å². The van der Waals surface area contributed by atoms with Gasteiger partial charge in [-0.1, -0.05) is 0 Å². The van der Waals surface area contributed by atoms with Crippen LogP contribution in [0.25, 0.3) is 0 Å². The van der Waals surface area contributed by atoms with Crippen molar-refractivity contribution in [2.45, 2.75) is 18.4 Å². The lowest BCUT2D eigenvalue weighted by Crippen LogP contribution is -2.50. The van der Waals surface area contributed by atoms with Gasteiger partial charge in [0.15, 0.2) is 0 Å². The maximum Gasteiger partial charge on any atom is 0.414 e. The van der Waals surface area contributed by atoms with Crippen LogP contribution in [0.3, 0.4) is 0 Å². The molecule has 1 atom stereocenters. The lowest BCUT2D eigenvalue weighted by atomic mass is 9.97. The van der Waals surface area contributed by atoms with Gasteiger partial charge in [-0.25, -0.2) is 4.79 Å². The normalized spacial score (nSPS) is 27.6. The summed E-state index contributed by atoms with van der Waals surface area (Å²) in [5.74, 6) is 0. The Morgan fingerprint density at radius 1 is 1.22 bits per heavy atom. The van der Waals surface area contributed by atoms with Crippen molar-refractivity contribution in [2.24, 2.45) is 0 Å². The van der Waals surface area contributed by atoms with Crippen molar-refractivity contribution in [3.8, 4) is 0 Å². The fourth-order valence-corrected chi connectivity index (χ4v) is 2.45. The summed E-state index contributed by atoms with van der Waals surface area (Å²) in [4.78, 5) is 13.7. The molecule has 1 aromatic carbocycles. The summed E-state index contributed by atoms with van der Waals surface area (Å²) in [6.45, 7) is 1.86. The molecule has 5 heteroatoms. The quantitative estimate of drug-likeness (QED) is 0.769. The van der Waals surface area contributed by atoms with Gasteiger partial charge < -0.3 is 15.2 Å². The zero-order valence-corrected chi connectivity index (χ0v) is 10.1. The summed E-state index contributed by atoms with van der Waals surface area (Å²) in [5.41, 5.74) is 6.75. The monoisotopic (exact) mass is 248 g/mol. The molecule has 2 saturated heterocycles. The third kappa shape index (κ3) is 1.90. The molecule has 0 aliphatic carbocycles. The molecule has 2 aliphatic rings. The first-order valence-corrected chi connectivity index (χ1v) is 6.12. The van der Waals surface area contributed by atoms with Crippen molar-refractivity contribution in [2.75, 3.05) is 30.4 Å². The van der Waals surface area contributed by atoms with E-state index in [1.54, 1.807) is 17.0 Å². The fraction of sp³-hybridized carbons (Fsp3) is 0.462. The predicted octanol–water partition coefficient (Wildman–Crippen LogP) is 1.77. The molecular formula is C13H16N2O3. The molecule has 0 bridgehead atoms. The predicted molar refractivity (Wildman–Crippen MR) is 67.5 cm³/mol. The highest BCUT2D eigenvalue weighted by Gasteiger charge is 2.44. The van der Waals surface area contributed by atoms with Crippen molar-refractivity contribution in [1.82, 2.24) is 0 Å². The Morgan fingerprint density at radius 2 is 2.00 bits per heavy atom. The average Bonchev–Trinajstić information content (AvgIpc) is 2.79. The molecule has 2 heterocycles. The van der Waals surface area contributed by atoms with Gasteiger partial charge in [0, 0.05) is 30.8 Å². The minimum absolute atomic E-state index is 0.295. The number of rotatable bonds is 1. The third-order valence-electron chi connectivity index (χ3n) is 3.59. The molecule has 96 valence electrons. The number of carbonyl (C=O) groups excluding carboxylic acids is 1. The van der Waals surface area contributed by atoms with E-state index in [2.05, 4.69) is 0 Å². The number of ether oxygens (including phenoxy) is 2. The molecule has 0 saturated carbocycles. The second-order valence-corrected chi connectivity index (χ2v) is 4.85. The van der Waals surface area contributed by atoms with E-state index >= 15 is 0 Å². The number of nitrogens with zero attached hydrogens (tertiary/aromatic N) is 1. The van der Waals surface area contributed by atoms with Gasteiger partial charge in [0.2, 0.25) is 0 Å². The molecule has 0 aromatic heterocycles.